The Kier molecular flexibility index (Phi) is 4.91. The van der Waals surface area contributed by atoms with Crippen LogP contribution in [0.4, 0.5) is 11.4 Å². The summed E-state index contributed by atoms with van der Waals surface area (Å²) in [5, 5.41) is 11.5. The average molecular weight is 319 g/mol. The van der Waals surface area contributed by atoms with E-state index in [4.69, 9.17) is 5.73 Å². The minimum atomic E-state index is 0.667. The zero-order chi connectivity index (χ0) is 16.8. The number of aryl methyl sites for hydroxylation is 1. The van der Waals surface area contributed by atoms with Gasteiger partial charge < -0.3 is 11.1 Å². The number of hydrogen-bond donors (Lipinski definition) is 2. The molecule has 0 unspecified atom stereocenters. The van der Waals surface area contributed by atoms with Crippen molar-refractivity contribution in [1.29, 1.82) is 0 Å². The van der Waals surface area contributed by atoms with Crippen molar-refractivity contribution in [1.82, 2.24) is 15.0 Å². The Bertz CT molecular complexity index is 801. The standard InChI is InChI=1S/C19H21N5/c1-2-24-14-19(22-23-24)13-21-18-11-7-16(8-12-18)4-3-15-5-9-17(20)10-6-15/h3-12,14,21H,2,13,20H2,1H3/b4-3+. The smallest absolute Gasteiger partial charge is 0.102 e. The SMILES string of the molecule is CCn1cc(CNc2ccc(/C=C/c3ccc(N)cc3)cc2)nn1. The van der Waals surface area contributed by atoms with Gasteiger partial charge in [-0.1, -0.05) is 41.6 Å². The van der Waals surface area contributed by atoms with E-state index >= 15 is 0 Å². The molecule has 0 bridgehead atoms. The normalized spacial score (nSPS) is 11.0. The van der Waals surface area contributed by atoms with Crippen molar-refractivity contribution in [2.24, 2.45) is 0 Å². The summed E-state index contributed by atoms with van der Waals surface area (Å²) in [6.45, 7) is 3.55. The molecule has 0 saturated heterocycles. The predicted octanol–water partition coefficient (Wildman–Crippen LogP) is 3.66. The van der Waals surface area contributed by atoms with Gasteiger partial charge in [-0.25, -0.2) is 0 Å². The van der Waals surface area contributed by atoms with Crippen LogP contribution in [0.3, 0.4) is 0 Å². The maximum atomic E-state index is 5.69. The van der Waals surface area contributed by atoms with Crippen LogP contribution in [0.5, 0.6) is 0 Å². The van der Waals surface area contributed by atoms with E-state index in [0.29, 0.717) is 6.54 Å². The molecule has 0 aliphatic carbocycles. The second-order valence-corrected chi connectivity index (χ2v) is 5.54. The number of anilines is 2. The Balaban J connectivity index is 1.57. The highest BCUT2D eigenvalue weighted by Gasteiger charge is 1.99. The second kappa shape index (κ2) is 7.46. The lowest BCUT2D eigenvalue weighted by Gasteiger charge is -2.04. The summed E-state index contributed by atoms with van der Waals surface area (Å²) in [6, 6.07) is 16.1. The summed E-state index contributed by atoms with van der Waals surface area (Å²) in [5.74, 6) is 0. The van der Waals surface area contributed by atoms with E-state index in [9.17, 15) is 0 Å². The molecule has 122 valence electrons. The van der Waals surface area contributed by atoms with Gasteiger partial charge in [0.1, 0.15) is 5.69 Å². The maximum absolute atomic E-state index is 5.69. The summed E-state index contributed by atoms with van der Waals surface area (Å²) in [6.07, 6.45) is 6.11. The monoisotopic (exact) mass is 319 g/mol. The molecule has 5 heteroatoms. The molecule has 0 amide bonds. The average Bonchev–Trinajstić information content (AvgIpc) is 3.08. The fourth-order valence-electron chi connectivity index (χ4n) is 2.28. The van der Waals surface area contributed by atoms with Gasteiger partial charge >= 0.3 is 0 Å². The highest BCUT2D eigenvalue weighted by Crippen LogP contribution is 2.14. The minimum Gasteiger partial charge on any atom is -0.399 e. The molecule has 0 radical (unpaired) electrons. The first-order valence-corrected chi connectivity index (χ1v) is 7.99. The van der Waals surface area contributed by atoms with Gasteiger partial charge in [0.15, 0.2) is 0 Å². The van der Waals surface area contributed by atoms with Crippen molar-refractivity contribution in [2.45, 2.75) is 20.0 Å². The molecule has 3 N–H and O–H groups in total. The van der Waals surface area contributed by atoms with Gasteiger partial charge in [0, 0.05) is 17.9 Å². The van der Waals surface area contributed by atoms with E-state index in [1.54, 1.807) is 0 Å². The quantitative estimate of drug-likeness (QED) is 0.537. The maximum Gasteiger partial charge on any atom is 0.102 e. The fraction of sp³-hybridized carbons (Fsp3) is 0.158. The summed E-state index contributed by atoms with van der Waals surface area (Å²) >= 11 is 0. The Hall–Kier alpha value is -3.08. The van der Waals surface area contributed by atoms with E-state index in [1.807, 2.05) is 42.1 Å². The van der Waals surface area contributed by atoms with Gasteiger partial charge in [-0.3, -0.25) is 4.68 Å². The number of nitrogen functional groups attached to an aromatic ring is 1. The van der Waals surface area contributed by atoms with Crippen molar-refractivity contribution in [3.05, 3.63) is 71.5 Å². The molecule has 0 aliphatic rings. The van der Waals surface area contributed by atoms with Gasteiger partial charge in [-0.05, 0) is 42.3 Å². The van der Waals surface area contributed by atoms with E-state index in [0.717, 1.165) is 34.7 Å². The summed E-state index contributed by atoms with van der Waals surface area (Å²) in [7, 11) is 0. The highest BCUT2D eigenvalue weighted by molar-refractivity contribution is 5.71. The zero-order valence-corrected chi connectivity index (χ0v) is 13.7. The Morgan fingerprint density at radius 3 is 2.21 bits per heavy atom. The van der Waals surface area contributed by atoms with E-state index in [2.05, 4.69) is 52.0 Å². The van der Waals surface area contributed by atoms with Crippen LogP contribution in [0.15, 0.2) is 54.7 Å². The zero-order valence-electron chi connectivity index (χ0n) is 13.7. The molecule has 2 aromatic carbocycles. The first-order chi connectivity index (χ1) is 11.7. The highest BCUT2D eigenvalue weighted by atomic mass is 15.4. The molecule has 3 aromatic rings. The van der Waals surface area contributed by atoms with Gasteiger partial charge in [0.25, 0.3) is 0 Å². The molecule has 3 rings (SSSR count). The summed E-state index contributed by atoms with van der Waals surface area (Å²) in [4.78, 5) is 0. The molecular weight excluding hydrogens is 298 g/mol. The molecular formula is C19H21N5. The molecule has 1 aromatic heterocycles. The van der Waals surface area contributed by atoms with E-state index in [-0.39, 0.29) is 0 Å². The van der Waals surface area contributed by atoms with Crippen LogP contribution in [0.1, 0.15) is 23.7 Å². The summed E-state index contributed by atoms with van der Waals surface area (Å²) in [5.41, 5.74) is 10.7. The molecule has 5 nitrogen and oxygen atoms in total. The number of nitrogens with zero attached hydrogens (tertiary/aromatic N) is 3. The molecule has 0 atom stereocenters. The minimum absolute atomic E-state index is 0.667. The third-order valence-corrected chi connectivity index (χ3v) is 3.70. The molecule has 1 heterocycles. The van der Waals surface area contributed by atoms with Crippen molar-refractivity contribution < 1.29 is 0 Å². The second-order valence-electron chi connectivity index (χ2n) is 5.54. The molecule has 0 aliphatic heterocycles. The molecule has 0 spiro atoms. The lowest BCUT2D eigenvalue weighted by atomic mass is 10.1. The van der Waals surface area contributed by atoms with Gasteiger partial charge in [0.05, 0.1) is 12.7 Å². The number of nitrogens with two attached hydrogens (primary N) is 1. The predicted molar refractivity (Wildman–Crippen MR) is 99.2 cm³/mol. The number of rotatable bonds is 6. The van der Waals surface area contributed by atoms with Crippen LogP contribution in [0, 0.1) is 0 Å². The topological polar surface area (TPSA) is 68.8 Å². The van der Waals surface area contributed by atoms with Crippen molar-refractivity contribution >= 4 is 23.5 Å². The number of hydrogen-bond acceptors (Lipinski definition) is 4. The molecule has 24 heavy (non-hydrogen) atoms. The van der Waals surface area contributed by atoms with Crippen LogP contribution in [0.25, 0.3) is 12.2 Å². The number of aromatic nitrogens is 3. The van der Waals surface area contributed by atoms with Gasteiger partial charge in [-0.15, -0.1) is 5.10 Å². The largest absolute Gasteiger partial charge is 0.399 e. The van der Waals surface area contributed by atoms with Crippen molar-refractivity contribution in [3.8, 4) is 0 Å². The third kappa shape index (κ3) is 4.23. The van der Waals surface area contributed by atoms with Crippen LogP contribution < -0.4 is 11.1 Å². The van der Waals surface area contributed by atoms with Gasteiger partial charge in [-0.2, -0.15) is 0 Å². The Labute approximate surface area is 141 Å². The Morgan fingerprint density at radius 1 is 1.00 bits per heavy atom. The first kappa shape index (κ1) is 15.8. The third-order valence-electron chi connectivity index (χ3n) is 3.70. The van der Waals surface area contributed by atoms with Crippen LogP contribution in [-0.2, 0) is 13.1 Å². The number of nitrogens with one attached hydrogen (secondary N) is 1. The molecule has 0 saturated carbocycles. The Morgan fingerprint density at radius 2 is 1.62 bits per heavy atom. The van der Waals surface area contributed by atoms with Gasteiger partial charge in [0.2, 0.25) is 0 Å². The molecule has 0 fully saturated rings. The fourth-order valence-corrected chi connectivity index (χ4v) is 2.28. The van der Waals surface area contributed by atoms with Crippen molar-refractivity contribution in [2.75, 3.05) is 11.1 Å². The first-order valence-electron chi connectivity index (χ1n) is 7.99. The van der Waals surface area contributed by atoms with Crippen LogP contribution in [-0.4, -0.2) is 15.0 Å². The van der Waals surface area contributed by atoms with Crippen LogP contribution >= 0.6 is 0 Å². The number of benzene rings is 2. The van der Waals surface area contributed by atoms with Crippen molar-refractivity contribution in [3.63, 3.8) is 0 Å². The lowest BCUT2D eigenvalue weighted by molar-refractivity contribution is 0.626. The van der Waals surface area contributed by atoms with E-state index in [1.165, 1.54) is 0 Å². The lowest BCUT2D eigenvalue weighted by Crippen LogP contribution is -1.99. The van der Waals surface area contributed by atoms with E-state index < -0.39 is 0 Å². The summed E-state index contributed by atoms with van der Waals surface area (Å²) < 4.78 is 1.82. The van der Waals surface area contributed by atoms with Crippen LogP contribution in [0.2, 0.25) is 0 Å².